The molecule has 2 rings (SSSR count). The molecule has 0 fully saturated rings. The number of rotatable bonds is 8. The van der Waals surface area contributed by atoms with Crippen LogP contribution in [0.4, 0.5) is 5.69 Å². The van der Waals surface area contributed by atoms with Crippen LogP contribution in [0, 0.1) is 0 Å². The highest BCUT2D eigenvalue weighted by Crippen LogP contribution is 2.33. The molecular formula is C20H23NO5S. The van der Waals surface area contributed by atoms with E-state index in [1.165, 1.54) is 24.3 Å². The minimum Gasteiger partial charge on any atom is -0.424 e. The van der Waals surface area contributed by atoms with E-state index in [1.54, 1.807) is 37.3 Å². The van der Waals surface area contributed by atoms with Gasteiger partial charge in [0.25, 0.3) is 10.0 Å². The maximum Gasteiger partial charge on any atom is 0.311 e. The van der Waals surface area contributed by atoms with Gasteiger partial charge >= 0.3 is 5.97 Å². The standard InChI is InChI=1S/C20H23NO5S/c1-3-10-19(22)21(27(24,25)16-12-6-5-7-13-16)17-14-8-9-15-18(17)26-20(23)11-4-2/h5-9,12-15H,3-4,10-11H2,1-2H3. The molecular weight excluding hydrogens is 366 g/mol. The molecule has 0 aromatic heterocycles. The predicted molar refractivity (Wildman–Crippen MR) is 103 cm³/mol. The van der Waals surface area contributed by atoms with Gasteiger partial charge in [0.15, 0.2) is 5.75 Å². The first-order valence-corrected chi connectivity index (χ1v) is 10.3. The average molecular weight is 389 g/mol. The summed E-state index contributed by atoms with van der Waals surface area (Å²) in [6.45, 7) is 3.63. The molecule has 0 N–H and O–H groups in total. The molecule has 0 atom stereocenters. The monoisotopic (exact) mass is 389 g/mol. The second-order valence-electron chi connectivity index (χ2n) is 5.92. The Kier molecular flexibility index (Phi) is 7.12. The fourth-order valence-electron chi connectivity index (χ4n) is 2.50. The zero-order valence-electron chi connectivity index (χ0n) is 15.4. The van der Waals surface area contributed by atoms with E-state index >= 15 is 0 Å². The van der Waals surface area contributed by atoms with Gasteiger partial charge in [0.2, 0.25) is 5.91 Å². The molecule has 0 aliphatic rings. The van der Waals surface area contributed by atoms with Gasteiger partial charge in [-0.15, -0.1) is 0 Å². The number of ether oxygens (including phenoxy) is 1. The Morgan fingerprint density at radius 3 is 2.11 bits per heavy atom. The van der Waals surface area contributed by atoms with Gasteiger partial charge in [0, 0.05) is 12.8 Å². The SMILES string of the molecule is CCCC(=O)Oc1ccccc1N(C(=O)CCC)S(=O)(=O)c1ccccc1. The van der Waals surface area contributed by atoms with Gasteiger partial charge in [-0.25, -0.2) is 8.42 Å². The summed E-state index contributed by atoms with van der Waals surface area (Å²) in [5.41, 5.74) is 0.0317. The number of carbonyl (C=O) groups excluding carboxylic acids is 2. The van der Waals surface area contributed by atoms with Crippen LogP contribution in [0.5, 0.6) is 5.75 Å². The third-order valence-corrected chi connectivity index (χ3v) is 5.48. The molecule has 0 spiro atoms. The number of benzene rings is 2. The molecule has 0 radical (unpaired) electrons. The van der Waals surface area contributed by atoms with Crippen LogP contribution in [-0.2, 0) is 19.6 Å². The zero-order chi connectivity index (χ0) is 19.9. The molecule has 2 aromatic rings. The lowest BCUT2D eigenvalue weighted by Crippen LogP contribution is -2.37. The van der Waals surface area contributed by atoms with Crippen LogP contribution >= 0.6 is 0 Å². The fourth-order valence-corrected chi connectivity index (χ4v) is 3.98. The van der Waals surface area contributed by atoms with Gasteiger partial charge in [-0.1, -0.05) is 44.2 Å². The number of amides is 1. The van der Waals surface area contributed by atoms with Gasteiger partial charge < -0.3 is 4.74 Å². The van der Waals surface area contributed by atoms with Crippen LogP contribution in [0.15, 0.2) is 59.5 Å². The number of anilines is 1. The molecule has 0 aliphatic carbocycles. The van der Waals surface area contributed by atoms with E-state index in [2.05, 4.69) is 0 Å². The third-order valence-electron chi connectivity index (χ3n) is 3.73. The number of carbonyl (C=O) groups is 2. The predicted octanol–water partition coefficient (Wildman–Crippen LogP) is 3.91. The Morgan fingerprint density at radius 1 is 0.889 bits per heavy atom. The summed E-state index contributed by atoms with van der Waals surface area (Å²) in [4.78, 5) is 24.7. The number of hydrogen-bond donors (Lipinski definition) is 0. The molecule has 0 saturated carbocycles. The lowest BCUT2D eigenvalue weighted by Gasteiger charge is -2.24. The van der Waals surface area contributed by atoms with Crippen LogP contribution in [0.25, 0.3) is 0 Å². The van der Waals surface area contributed by atoms with Crippen LogP contribution in [-0.4, -0.2) is 20.3 Å². The molecule has 27 heavy (non-hydrogen) atoms. The van der Waals surface area contributed by atoms with Crippen LogP contribution in [0.2, 0.25) is 0 Å². The summed E-state index contributed by atoms with van der Waals surface area (Å²) in [7, 11) is -4.15. The van der Waals surface area contributed by atoms with E-state index in [4.69, 9.17) is 4.74 Å². The van der Waals surface area contributed by atoms with Gasteiger partial charge in [-0.3, -0.25) is 9.59 Å². The Hall–Kier alpha value is -2.67. The molecule has 0 bridgehead atoms. The molecule has 0 saturated heterocycles. The number of nitrogens with zero attached hydrogens (tertiary/aromatic N) is 1. The van der Waals surface area contributed by atoms with Crippen molar-refractivity contribution in [2.45, 2.75) is 44.4 Å². The number of sulfonamides is 1. The molecule has 144 valence electrons. The largest absolute Gasteiger partial charge is 0.424 e. The van der Waals surface area contributed by atoms with Gasteiger partial charge in [-0.2, -0.15) is 4.31 Å². The fraction of sp³-hybridized carbons (Fsp3) is 0.300. The van der Waals surface area contributed by atoms with Crippen molar-refractivity contribution in [3.8, 4) is 5.75 Å². The van der Waals surface area contributed by atoms with Crippen molar-refractivity contribution in [3.63, 3.8) is 0 Å². The van der Waals surface area contributed by atoms with Crippen molar-refractivity contribution in [3.05, 3.63) is 54.6 Å². The van der Waals surface area contributed by atoms with E-state index in [0.29, 0.717) is 12.8 Å². The maximum atomic E-state index is 13.2. The molecule has 2 aromatic carbocycles. The third kappa shape index (κ3) is 4.95. The van der Waals surface area contributed by atoms with E-state index < -0.39 is 21.9 Å². The maximum absolute atomic E-state index is 13.2. The highest BCUT2D eigenvalue weighted by molar-refractivity contribution is 7.93. The van der Waals surface area contributed by atoms with E-state index in [1.807, 2.05) is 6.92 Å². The average Bonchev–Trinajstić information content (AvgIpc) is 2.64. The highest BCUT2D eigenvalue weighted by atomic mass is 32.2. The van der Waals surface area contributed by atoms with Crippen molar-refractivity contribution >= 4 is 27.6 Å². The smallest absolute Gasteiger partial charge is 0.311 e. The first-order chi connectivity index (χ1) is 12.9. The number of hydrogen-bond acceptors (Lipinski definition) is 5. The van der Waals surface area contributed by atoms with Crippen LogP contribution < -0.4 is 9.04 Å². The Labute approximate surface area is 159 Å². The zero-order valence-corrected chi connectivity index (χ0v) is 16.2. The minimum atomic E-state index is -4.15. The molecule has 6 nitrogen and oxygen atoms in total. The number of esters is 1. The second kappa shape index (κ2) is 9.32. The van der Waals surface area contributed by atoms with Crippen LogP contribution in [0.3, 0.4) is 0 Å². The van der Waals surface area contributed by atoms with Crippen molar-refractivity contribution in [1.29, 1.82) is 0 Å². The Morgan fingerprint density at radius 2 is 1.48 bits per heavy atom. The van der Waals surface area contributed by atoms with Crippen molar-refractivity contribution in [2.75, 3.05) is 4.31 Å². The van der Waals surface area contributed by atoms with E-state index in [-0.39, 0.29) is 29.2 Å². The van der Waals surface area contributed by atoms with Gasteiger partial charge in [-0.05, 0) is 37.1 Å². The van der Waals surface area contributed by atoms with Gasteiger partial charge in [0.05, 0.1) is 4.90 Å². The van der Waals surface area contributed by atoms with E-state index in [9.17, 15) is 18.0 Å². The van der Waals surface area contributed by atoms with E-state index in [0.717, 1.165) is 4.31 Å². The van der Waals surface area contributed by atoms with Crippen molar-refractivity contribution < 1.29 is 22.7 Å². The summed E-state index contributed by atoms with van der Waals surface area (Å²) in [5.74, 6) is -1.02. The first kappa shape index (κ1) is 20.6. The van der Waals surface area contributed by atoms with Crippen LogP contribution in [0.1, 0.15) is 39.5 Å². The molecule has 0 aliphatic heterocycles. The quantitative estimate of drug-likeness (QED) is 0.505. The summed E-state index contributed by atoms with van der Waals surface area (Å²) in [6, 6.07) is 13.9. The van der Waals surface area contributed by atoms with Gasteiger partial charge in [0.1, 0.15) is 5.69 Å². The molecule has 1 amide bonds. The number of para-hydroxylation sites is 2. The molecule has 0 unspecified atom stereocenters. The molecule has 0 heterocycles. The normalized spacial score (nSPS) is 11.0. The first-order valence-electron chi connectivity index (χ1n) is 8.84. The molecule has 7 heteroatoms. The summed E-state index contributed by atoms with van der Waals surface area (Å²) in [6.07, 6.45) is 1.32. The topological polar surface area (TPSA) is 80.8 Å². The lowest BCUT2D eigenvalue weighted by molar-refractivity contribution is -0.134. The second-order valence-corrected chi connectivity index (χ2v) is 7.70. The summed E-state index contributed by atoms with van der Waals surface area (Å²) in [5, 5.41) is 0. The summed E-state index contributed by atoms with van der Waals surface area (Å²) >= 11 is 0. The highest BCUT2D eigenvalue weighted by Gasteiger charge is 2.32. The summed E-state index contributed by atoms with van der Waals surface area (Å²) < 4.78 is 32.4. The Balaban J connectivity index is 2.56. The Bertz CT molecular complexity index is 894. The van der Waals surface area contributed by atoms with Crippen molar-refractivity contribution in [1.82, 2.24) is 0 Å². The minimum absolute atomic E-state index is 0.0101. The van der Waals surface area contributed by atoms with Crippen molar-refractivity contribution in [2.24, 2.45) is 0 Å². The lowest BCUT2D eigenvalue weighted by atomic mass is 10.2.